The van der Waals surface area contributed by atoms with Crippen LogP contribution in [0.3, 0.4) is 0 Å². The fourth-order valence-electron chi connectivity index (χ4n) is 2.23. The number of aromatic nitrogens is 2. The summed E-state index contributed by atoms with van der Waals surface area (Å²) in [6, 6.07) is -0.827. The first-order chi connectivity index (χ1) is 12.5. The van der Waals surface area contributed by atoms with Crippen molar-refractivity contribution in [3.8, 4) is 0 Å². The summed E-state index contributed by atoms with van der Waals surface area (Å²) in [5.41, 5.74) is 5.59. The van der Waals surface area contributed by atoms with Crippen molar-refractivity contribution in [2.75, 3.05) is 18.6 Å². The van der Waals surface area contributed by atoms with Gasteiger partial charge in [-0.05, 0) is 44.2 Å². The number of hydrogen-bond donors (Lipinski definition) is 5. The summed E-state index contributed by atoms with van der Waals surface area (Å²) < 4.78 is 0. The van der Waals surface area contributed by atoms with Crippen LogP contribution in [0.2, 0.25) is 0 Å². The molecule has 0 aliphatic rings. The van der Waals surface area contributed by atoms with E-state index in [1.165, 1.54) is 30.4 Å². The first kappa shape index (κ1) is 22.4. The standard InChI is InChI=1S/C15H26BN5O4S/c1-26-9-5-13(16(24)25)21-14(22)11(4-2-3-6-17)20-15(23)12-10-18-7-8-19-12/h7-8,10-11,13,24-25H,2-6,9,17H2,1H3,(H,20,23)(H,21,22)/t11-,13-/m0/s1. The van der Waals surface area contributed by atoms with Crippen molar-refractivity contribution in [1.82, 2.24) is 20.6 Å². The summed E-state index contributed by atoms with van der Waals surface area (Å²) >= 11 is 1.54. The normalized spacial score (nSPS) is 12.9. The van der Waals surface area contributed by atoms with Crippen LogP contribution in [0, 0.1) is 0 Å². The number of carbonyl (C=O) groups is 2. The average molecular weight is 383 g/mol. The molecule has 1 rings (SSSR count). The molecule has 6 N–H and O–H groups in total. The summed E-state index contributed by atoms with van der Waals surface area (Å²) in [7, 11) is -1.67. The molecule has 0 saturated heterocycles. The number of hydrogen-bond acceptors (Lipinski definition) is 8. The summed E-state index contributed by atoms with van der Waals surface area (Å²) in [4.78, 5) is 32.6. The molecule has 1 aromatic rings. The molecule has 0 aliphatic carbocycles. The second-order valence-electron chi connectivity index (χ2n) is 5.71. The van der Waals surface area contributed by atoms with Gasteiger partial charge in [-0.25, -0.2) is 4.98 Å². The van der Waals surface area contributed by atoms with Crippen LogP contribution in [-0.4, -0.2) is 69.5 Å². The van der Waals surface area contributed by atoms with Gasteiger partial charge >= 0.3 is 7.12 Å². The Labute approximate surface area is 157 Å². The first-order valence-corrected chi connectivity index (χ1v) is 9.81. The molecule has 0 aromatic carbocycles. The minimum atomic E-state index is -1.67. The minimum absolute atomic E-state index is 0.102. The lowest BCUT2D eigenvalue weighted by Gasteiger charge is -2.23. The Bertz CT molecular complexity index is 552. The number of nitrogens with one attached hydrogen (secondary N) is 2. The largest absolute Gasteiger partial charge is 0.475 e. The lowest BCUT2D eigenvalue weighted by molar-refractivity contribution is -0.123. The zero-order valence-corrected chi connectivity index (χ0v) is 15.6. The molecule has 1 heterocycles. The van der Waals surface area contributed by atoms with Crippen LogP contribution in [0.5, 0.6) is 0 Å². The average Bonchev–Trinajstić information content (AvgIpc) is 2.64. The maximum Gasteiger partial charge on any atom is 0.475 e. The zero-order chi connectivity index (χ0) is 19.4. The highest BCUT2D eigenvalue weighted by Crippen LogP contribution is 2.06. The Morgan fingerprint density at radius 2 is 2.04 bits per heavy atom. The van der Waals surface area contributed by atoms with E-state index < -0.39 is 30.9 Å². The SMILES string of the molecule is CSCC[C@H](NC(=O)[C@H](CCCCN)NC(=O)c1cnccn1)B(O)O. The van der Waals surface area contributed by atoms with Gasteiger partial charge in [0.2, 0.25) is 5.91 Å². The van der Waals surface area contributed by atoms with E-state index in [2.05, 4.69) is 20.6 Å². The highest BCUT2D eigenvalue weighted by Gasteiger charge is 2.29. The number of amides is 2. The fraction of sp³-hybridized carbons (Fsp3) is 0.600. The zero-order valence-electron chi connectivity index (χ0n) is 14.8. The number of carbonyl (C=O) groups excluding carboxylic acids is 2. The second-order valence-corrected chi connectivity index (χ2v) is 6.70. The molecule has 0 radical (unpaired) electrons. The molecule has 0 unspecified atom stereocenters. The van der Waals surface area contributed by atoms with Crippen molar-refractivity contribution in [2.24, 2.45) is 5.73 Å². The Hall–Kier alpha value is -1.69. The van der Waals surface area contributed by atoms with Gasteiger partial charge in [0.15, 0.2) is 0 Å². The van der Waals surface area contributed by atoms with E-state index in [9.17, 15) is 19.6 Å². The summed E-state index contributed by atoms with van der Waals surface area (Å²) in [5.74, 6) is -1.14. The van der Waals surface area contributed by atoms with Crippen LogP contribution in [-0.2, 0) is 4.79 Å². The fourth-order valence-corrected chi connectivity index (χ4v) is 2.72. The molecule has 2 atom stereocenters. The predicted octanol–water partition coefficient (Wildman–Crippen LogP) is -1.05. The van der Waals surface area contributed by atoms with Crippen molar-refractivity contribution in [2.45, 2.75) is 37.7 Å². The quantitative estimate of drug-likeness (QED) is 0.227. The lowest BCUT2D eigenvalue weighted by atomic mass is 9.77. The number of unbranched alkanes of at least 4 members (excludes halogenated alkanes) is 1. The van der Waals surface area contributed by atoms with Gasteiger partial charge in [0, 0.05) is 12.4 Å². The summed E-state index contributed by atoms with van der Waals surface area (Å²) in [6.45, 7) is 0.484. The van der Waals surface area contributed by atoms with Crippen LogP contribution < -0.4 is 16.4 Å². The van der Waals surface area contributed by atoms with Gasteiger partial charge in [-0.3, -0.25) is 14.6 Å². The Morgan fingerprint density at radius 1 is 1.27 bits per heavy atom. The van der Waals surface area contributed by atoms with E-state index in [-0.39, 0.29) is 5.69 Å². The maximum atomic E-state index is 12.6. The smallest absolute Gasteiger partial charge is 0.426 e. The minimum Gasteiger partial charge on any atom is -0.426 e. The van der Waals surface area contributed by atoms with Crippen molar-refractivity contribution in [3.63, 3.8) is 0 Å². The van der Waals surface area contributed by atoms with Gasteiger partial charge in [-0.2, -0.15) is 11.8 Å². The molecule has 0 bridgehead atoms. The van der Waals surface area contributed by atoms with E-state index >= 15 is 0 Å². The molecule has 144 valence electrons. The van der Waals surface area contributed by atoms with Crippen molar-refractivity contribution >= 4 is 30.7 Å². The summed E-state index contributed by atoms with van der Waals surface area (Å²) in [6.07, 6.45) is 8.17. The van der Waals surface area contributed by atoms with Gasteiger partial charge in [-0.15, -0.1) is 0 Å². The molecule has 9 nitrogen and oxygen atoms in total. The summed E-state index contributed by atoms with van der Waals surface area (Å²) in [5, 5.41) is 24.1. The topological polar surface area (TPSA) is 150 Å². The third kappa shape index (κ3) is 8.13. The van der Waals surface area contributed by atoms with Gasteiger partial charge in [0.1, 0.15) is 11.7 Å². The maximum absolute atomic E-state index is 12.6. The molecular formula is C15H26BN5O4S. The van der Waals surface area contributed by atoms with E-state index in [1.54, 1.807) is 0 Å². The predicted molar refractivity (Wildman–Crippen MR) is 101 cm³/mol. The van der Waals surface area contributed by atoms with Gasteiger partial charge in [0.05, 0.1) is 12.1 Å². The van der Waals surface area contributed by atoms with Crippen LogP contribution in [0.1, 0.15) is 36.2 Å². The highest BCUT2D eigenvalue weighted by molar-refractivity contribution is 7.98. The third-order valence-electron chi connectivity index (χ3n) is 3.69. The van der Waals surface area contributed by atoms with Crippen LogP contribution in [0.4, 0.5) is 0 Å². The van der Waals surface area contributed by atoms with E-state index in [4.69, 9.17) is 5.73 Å². The van der Waals surface area contributed by atoms with Crippen LogP contribution in [0.15, 0.2) is 18.6 Å². The Morgan fingerprint density at radius 3 is 2.62 bits per heavy atom. The Kier molecular flexibility index (Phi) is 10.9. The second kappa shape index (κ2) is 12.6. The molecule has 0 spiro atoms. The molecule has 1 aromatic heterocycles. The third-order valence-corrected chi connectivity index (χ3v) is 4.33. The molecule has 0 fully saturated rings. The highest BCUT2D eigenvalue weighted by atomic mass is 32.2. The van der Waals surface area contributed by atoms with Crippen molar-refractivity contribution < 1.29 is 19.6 Å². The molecule has 0 saturated carbocycles. The number of nitrogens with zero attached hydrogens (tertiary/aromatic N) is 2. The Balaban J connectivity index is 2.76. The molecule has 26 heavy (non-hydrogen) atoms. The van der Waals surface area contributed by atoms with E-state index in [0.29, 0.717) is 38.0 Å². The monoisotopic (exact) mass is 383 g/mol. The molecule has 2 amide bonds. The molecule has 0 aliphatic heterocycles. The number of nitrogens with two attached hydrogens (primary N) is 1. The number of rotatable bonds is 12. The van der Waals surface area contributed by atoms with Crippen molar-refractivity contribution in [3.05, 3.63) is 24.3 Å². The van der Waals surface area contributed by atoms with Gasteiger partial charge in [-0.1, -0.05) is 0 Å². The van der Waals surface area contributed by atoms with Crippen LogP contribution >= 0.6 is 11.8 Å². The van der Waals surface area contributed by atoms with Gasteiger partial charge < -0.3 is 26.4 Å². The van der Waals surface area contributed by atoms with Crippen molar-refractivity contribution in [1.29, 1.82) is 0 Å². The van der Waals surface area contributed by atoms with E-state index in [0.717, 1.165) is 0 Å². The molecule has 11 heteroatoms. The molecular weight excluding hydrogens is 357 g/mol. The number of thioether (sulfide) groups is 1. The van der Waals surface area contributed by atoms with Crippen LogP contribution in [0.25, 0.3) is 0 Å². The van der Waals surface area contributed by atoms with E-state index in [1.807, 2.05) is 6.26 Å². The van der Waals surface area contributed by atoms with Gasteiger partial charge in [0.25, 0.3) is 5.91 Å². The lowest BCUT2D eigenvalue weighted by Crippen LogP contribution is -2.54. The first-order valence-electron chi connectivity index (χ1n) is 8.42.